The largest absolute Gasteiger partial charge is 0.387 e. The van der Waals surface area contributed by atoms with Gasteiger partial charge in [-0.2, -0.15) is 0 Å². The van der Waals surface area contributed by atoms with Crippen LogP contribution in [0.3, 0.4) is 0 Å². The zero-order valence-corrected chi connectivity index (χ0v) is 8.74. The highest BCUT2D eigenvalue weighted by atomic mass is 19.1. The lowest BCUT2D eigenvalue weighted by molar-refractivity contribution is 0.208. The maximum atomic E-state index is 12.6. The van der Waals surface area contributed by atoms with E-state index in [2.05, 4.69) is 4.99 Å². The number of rotatable bonds is 5. The molecule has 1 aromatic carbocycles. The van der Waals surface area contributed by atoms with Gasteiger partial charge in [-0.15, -0.1) is 0 Å². The molecule has 0 fully saturated rings. The number of hydrogen-bond acceptors (Lipinski definition) is 2. The molecule has 3 nitrogen and oxygen atoms in total. The molecule has 4 heteroatoms. The van der Waals surface area contributed by atoms with Gasteiger partial charge in [0.05, 0.1) is 19.0 Å². The maximum absolute atomic E-state index is 12.6. The molecule has 15 heavy (non-hydrogen) atoms. The Bertz CT molecular complexity index is 322. The second kappa shape index (κ2) is 6.14. The summed E-state index contributed by atoms with van der Waals surface area (Å²) < 4.78 is 17.4. The molecule has 82 valence electrons. The second-order valence-electron chi connectivity index (χ2n) is 3.17. The van der Waals surface area contributed by atoms with E-state index < -0.39 is 0 Å². The van der Waals surface area contributed by atoms with Gasteiger partial charge < -0.3 is 10.5 Å². The van der Waals surface area contributed by atoms with Crippen LogP contribution in [-0.4, -0.2) is 26.1 Å². The molecule has 0 saturated carbocycles. The van der Waals surface area contributed by atoms with Crippen LogP contribution in [-0.2, 0) is 11.2 Å². The predicted molar refractivity (Wildman–Crippen MR) is 58.5 cm³/mol. The second-order valence-corrected chi connectivity index (χ2v) is 3.17. The lowest BCUT2D eigenvalue weighted by Crippen LogP contribution is -2.16. The van der Waals surface area contributed by atoms with E-state index in [4.69, 9.17) is 10.5 Å². The Balaban J connectivity index is 2.47. The van der Waals surface area contributed by atoms with E-state index in [1.807, 2.05) is 0 Å². The topological polar surface area (TPSA) is 47.6 Å². The summed E-state index contributed by atoms with van der Waals surface area (Å²) in [5, 5.41) is 0. The van der Waals surface area contributed by atoms with E-state index in [-0.39, 0.29) is 5.82 Å². The highest BCUT2D eigenvalue weighted by Crippen LogP contribution is 2.03. The quantitative estimate of drug-likeness (QED) is 0.453. The maximum Gasteiger partial charge on any atom is 0.123 e. The SMILES string of the molecule is COCCN=C(N)Cc1ccc(F)cc1. The van der Waals surface area contributed by atoms with Crippen molar-refractivity contribution in [2.24, 2.45) is 10.7 Å². The Morgan fingerprint density at radius 1 is 1.40 bits per heavy atom. The minimum Gasteiger partial charge on any atom is -0.387 e. The van der Waals surface area contributed by atoms with Crippen LogP contribution in [0.25, 0.3) is 0 Å². The van der Waals surface area contributed by atoms with Crippen LogP contribution in [0.15, 0.2) is 29.3 Å². The molecule has 0 amide bonds. The first kappa shape index (κ1) is 11.7. The van der Waals surface area contributed by atoms with Crippen molar-refractivity contribution < 1.29 is 9.13 Å². The minimum absolute atomic E-state index is 0.242. The van der Waals surface area contributed by atoms with Gasteiger partial charge in [0.25, 0.3) is 0 Å². The van der Waals surface area contributed by atoms with Crippen molar-refractivity contribution in [2.45, 2.75) is 6.42 Å². The van der Waals surface area contributed by atoms with Crippen molar-refractivity contribution in [1.29, 1.82) is 0 Å². The van der Waals surface area contributed by atoms with Gasteiger partial charge in [0, 0.05) is 13.5 Å². The molecule has 1 rings (SSSR count). The van der Waals surface area contributed by atoms with Crippen LogP contribution >= 0.6 is 0 Å². The zero-order chi connectivity index (χ0) is 11.1. The number of nitrogens with two attached hydrogens (primary N) is 1. The standard InChI is InChI=1S/C11H15FN2O/c1-15-7-6-14-11(13)8-9-2-4-10(12)5-3-9/h2-5H,6-8H2,1H3,(H2,13,14). The molecule has 2 N–H and O–H groups in total. The minimum atomic E-state index is -0.242. The predicted octanol–water partition coefficient (Wildman–Crippen LogP) is 1.37. The summed E-state index contributed by atoms with van der Waals surface area (Å²) in [6.45, 7) is 1.12. The van der Waals surface area contributed by atoms with Crippen LogP contribution in [0, 0.1) is 5.82 Å². The van der Waals surface area contributed by atoms with Crippen molar-refractivity contribution in [3.63, 3.8) is 0 Å². The van der Waals surface area contributed by atoms with Crippen LogP contribution in [0.2, 0.25) is 0 Å². The Morgan fingerprint density at radius 3 is 2.67 bits per heavy atom. The number of nitrogens with zero attached hydrogens (tertiary/aromatic N) is 1. The number of halogens is 1. The Labute approximate surface area is 88.8 Å². The molecule has 0 aromatic heterocycles. The monoisotopic (exact) mass is 210 g/mol. The molecule has 0 spiro atoms. The molecule has 0 aliphatic rings. The highest BCUT2D eigenvalue weighted by Gasteiger charge is 1.97. The Morgan fingerprint density at radius 2 is 2.07 bits per heavy atom. The van der Waals surface area contributed by atoms with Gasteiger partial charge in [0.15, 0.2) is 0 Å². The van der Waals surface area contributed by atoms with Crippen molar-refractivity contribution in [2.75, 3.05) is 20.3 Å². The van der Waals surface area contributed by atoms with E-state index in [1.165, 1.54) is 12.1 Å². The lowest BCUT2D eigenvalue weighted by atomic mass is 10.1. The molecule has 0 aliphatic heterocycles. The van der Waals surface area contributed by atoms with E-state index >= 15 is 0 Å². The molecule has 0 bridgehead atoms. The third-order valence-corrected chi connectivity index (χ3v) is 1.91. The summed E-state index contributed by atoms with van der Waals surface area (Å²) in [6, 6.07) is 6.23. The van der Waals surface area contributed by atoms with Gasteiger partial charge >= 0.3 is 0 Å². The van der Waals surface area contributed by atoms with E-state index in [1.54, 1.807) is 19.2 Å². The first-order valence-electron chi connectivity index (χ1n) is 4.74. The highest BCUT2D eigenvalue weighted by molar-refractivity contribution is 5.82. The molecular weight excluding hydrogens is 195 g/mol. The fraction of sp³-hybridized carbons (Fsp3) is 0.364. The molecule has 0 aliphatic carbocycles. The van der Waals surface area contributed by atoms with Crippen molar-refractivity contribution in [1.82, 2.24) is 0 Å². The third kappa shape index (κ3) is 4.56. The van der Waals surface area contributed by atoms with Crippen LogP contribution in [0.1, 0.15) is 5.56 Å². The normalized spacial score (nSPS) is 11.7. The first-order chi connectivity index (χ1) is 7.22. The summed E-state index contributed by atoms with van der Waals surface area (Å²) in [7, 11) is 1.62. The number of benzene rings is 1. The van der Waals surface area contributed by atoms with Crippen LogP contribution in [0.5, 0.6) is 0 Å². The van der Waals surface area contributed by atoms with E-state index in [0.29, 0.717) is 25.4 Å². The van der Waals surface area contributed by atoms with Crippen LogP contribution < -0.4 is 5.73 Å². The average molecular weight is 210 g/mol. The van der Waals surface area contributed by atoms with Gasteiger partial charge in [-0.25, -0.2) is 4.39 Å². The van der Waals surface area contributed by atoms with Crippen molar-refractivity contribution in [3.05, 3.63) is 35.6 Å². The number of aliphatic imine (C=N–C) groups is 1. The zero-order valence-electron chi connectivity index (χ0n) is 8.74. The first-order valence-corrected chi connectivity index (χ1v) is 4.74. The van der Waals surface area contributed by atoms with Gasteiger partial charge in [0.1, 0.15) is 5.82 Å². The summed E-state index contributed by atoms with van der Waals surface area (Å²) >= 11 is 0. The Hall–Kier alpha value is -1.42. The summed E-state index contributed by atoms with van der Waals surface area (Å²) in [4.78, 5) is 4.11. The van der Waals surface area contributed by atoms with E-state index in [0.717, 1.165) is 5.56 Å². The Kier molecular flexibility index (Phi) is 4.77. The number of methoxy groups -OCH3 is 1. The van der Waals surface area contributed by atoms with Crippen molar-refractivity contribution >= 4 is 5.84 Å². The summed E-state index contributed by atoms with van der Waals surface area (Å²) in [6.07, 6.45) is 0.546. The molecule has 0 radical (unpaired) electrons. The van der Waals surface area contributed by atoms with E-state index in [9.17, 15) is 4.39 Å². The van der Waals surface area contributed by atoms with Crippen LogP contribution in [0.4, 0.5) is 4.39 Å². The third-order valence-electron chi connectivity index (χ3n) is 1.91. The molecule has 1 aromatic rings. The number of ether oxygens (including phenoxy) is 1. The number of amidine groups is 1. The molecule has 0 atom stereocenters. The fourth-order valence-electron chi connectivity index (χ4n) is 1.15. The molecule has 0 heterocycles. The number of hydrogen-bond donors (Lipinski definition) is 1. The molecule has 0 saturated heterocycles. The summed E-state index contributed by atoms with van der Waals surface area (Å²) in [5.41, 5.74) is 6.64. The molecule has 0 unspecified atom stereocenters. The summed E-state index contributed by atoms with van der Waals surface area (Å²) in [5.74, 6) is 0.298. The van der Waals surface area contributed by atoms with Gasteiger partial charge in [-0.05, 0) is 17.7 Å². The fourth-order valence-corrected chi connectivity index (χ4v) is 1.15. The lowest BCUT2D eigenvalue weighted by Gasteiger charge is -2.01. The average Bonchev–Trinajstić information content (AvgIpc) is 2.22. The van der Waals surface area contributed by atoms with Crippen molar-refractivity contribution in [3.8, 4) is 0 Å². The van der Waals surface area contributed by atoms with Gasteiger partial charge in [-0.1, -0.05) is 12.1 Å². The molecular formula is C11H15FN2O. The smallest absolute Gasteiger partial charge is 0.123 e. The van der Waals surface area contributed by atoms with Gasteiger partial charge in [0.2, 0.25) is 0 Å². The van der Waals surface area contributed by atoms with Gasteiger partial charge in [-0.3, -0.25) is 4.99 Å².